The molecule has 0 radical (unpaired) electrons. The highest BCUT2D eigenvalue weighted by Crippen LogP contribution is 2.30. The fraction of sp³-hybridized carbons (Fsp3) is 0.550. The number of phenolic OH excluding ortho intramolecular Hbond substituents is 1. The van der Waals surface area contributed by atoms with Crippen LogP contribution in [0.1, 0.15) is 36.5 Å². The number of rotatable bonds is 3. The highest BCUT2D eigenvalue weighted by Gasteiger charge is 2.48. The molecule has 8 nitrogen and oxygen atoms in total. The standard InChI is InChI=1S/C20H29N5O3/c1-12-9-14(10-13(2)16(12)26)11-22-18(21-4)25-7-5-15(6-8-25)20(3)17(27)23-19(28)24-20/h9-10,15,26H,5-8,11H2,1-4H3,(H,21,22)(H2,23,24,27,28). The van der Waals surface area contributed by atoms with Crippen LogP contribution in [0.3, 0.4) is 0 Å². The summed E-state index contributed by atoms with van der Waals surface area (Å²) >= 11 is 0. The van der Waals surface area contributed by atoms with Crippen molar-refractivity contribution in [3.63, 3.8) is 0 Å². The Kier molecular flexibility index (Phi) is 5.49. The van der Waals surface area contributed by atoms with E-state index in [-0.39, 0.29) is 11.8 Å². The van der Waals surface area contributed by atoms with E-state index in [1.807, 2.05) is 26.0 Å². The van der Waals surface area contributed by atoms with Crippen molar-refractivity contribution in [2.45, 2.75) is 45.7 Å². The molecule has 1 aromatic rings. The van der Waals surface area contributed by atoms with Crippen LogP contribution in [0.4, 0.5) is 4.79 Å². The van der Waals surface area contributed by atoms with Crippen LogP contribution in [0.2, 0.25) is 0 Å². The summed E-state index contributed by atoms with van der Waals surface area (Å²) in [6.07, 6.45) is 1.59. The summed E-state index contributed by atoms with van der Waals surface area (Å²) in [7, 11) is 1.76. The maximum atomic E-state index is 12.2. The number of hydrogen-bond donors (Lipinski definition) is 4. The third-order valence-electron chi connectivity index (χ3n) is 5.90. The molecule has 3 amide bonds. The molecular weight excluding hydrogens is 358 g/mol. The molecule has 1 unspecified atom stereocenters. The molecule has 2 aliphatic rings. The summed E-state index contributed by atoms with van der Waals surface area (Å²) in [6, 6.07) is 3.53. The zero-order valence-electron chi connectivity index (χ0n) is 16.9. The molecule has 8 heteroatoms. The lowest BCUT2D eigenvalue weighted by Crippen LogP contribution is -2.55. The topological polar surface area (TPSA) is 106 Å². The molecule has 2 aliphatic heterocycles. The van der Waals surface area contributed by atoms with Crippen LogP contribution in [0.15, 0.2) is 17.1 Å². The Morgan fingerprint density at radius 2 is 1.89 bits per heavy atom. The lowest BCUT2D eigenvalue weighted by atomic mass is 9.79. The maximum Gasteiger partial charge on any atom is 0.322 e. The van der Waals surface area contributed by atoms with Gasteiger partial charge in [0, 0.05) is 26.7 Å². The van der Waals surface area contributed by atoms with Crippen LogP contribution in [0.5, 0.6) is 5.75 Å². The Morgan fingerprint density at radius 3 is 2.39 bits per heavy atom. The van der Waals surface area contributed by atoms with Crippen molar-refractivity contribution in [3.05, 3.63) is 28.8 Å². The minimum atomic E-state index is -0.832. The summed E-state index contributed by atoms with van der Waals surface area (Å²) < 4.78 is 0. The van der Waals surface area contributed by atoms with E-state index in [2.05, 4.69) is 25.8 Å². The van der Waals surface area contributed by atoms with Gasteiger partial charge in [-0.3, -0.25) is 15.1 Å². The molecule has 0 aromatic heterocycles. The SMILES string of the molecule is CN=C(NCc1cc(C)c(O)c(C)c1)N1CCC(C2(C)NC(=O)NC2=O)CC1. The second-order valence-electron chi connectivity index (χ2n) is 7.85. The van der Waals surface area contributed by atoms with Crippen molar-refractivity contribution in [2.24, 2.45) is 10.9 Å². The Bertz CT molecular complexity index is 791. The van der Waals surface area contributed by atoms with Gasteiger partial charge >= 0.3 is 6.03 Å². The highest BCUT2D eigenvalue weighted by molar-refractivity contribution is 6.07. The van der Waals surface area contributed by atoms with Crippen LogP contribution < -0.4 is 16.0 Å². The number of nitrogens with one attached hydrogen (secondary N) is 3. The Hall–Kier alpha value is -2.77. The lowest BCUT2D eigenvalue weighted by Gasteiger charge is -2.39. The number of phenols is 1. The average molecular weight is 387 g/mol. The van der Waals surface area contributed by atoms with Crippen molar-refractivity contribution in [3.8, 4) is 5.75 Å². The third-order valence-corrected chi connectivity index (χ3v) is 5.90. The van der Waals surface area contributed by atoms with Crippen molar-refractivity contribution >= 4 is 17.9 Å². The molecule has 28 heavy (non-hydrogen) atoms. The maximum absolute atomic E-state index is 12.2. The Balaban J connectivity index is 1.58. The molecule has 152 valence electrons. The van der Waals surface area contributed by atoms with E-state index in [0.29, 0.717) is 12.3 Å². The molecule has 0 aliphatic carbocycles. The molecule has 0 saturated carbocycles. The number of guanidine groups is 1. The number of nitrogens with zero attached hydrogens (tertiary/aromatic N) is 2. The van der Waals surface area contributed by atoms with Gasteiger partial charge in [0.05, 0.1) is 0 Å². The van der Waals surface area contributed by atoms with Gasteiger partial charge in [-0.15, -0.1) is 0 Å². The summed E-state index contributed by atoms with van der Waals surface area (Å²) in [6.45, 7) is 7.72. The van der Waals surface area contributed by atoms with Crippen molar-refractivity contribution < 1.29 is 14.7 Å². The van der Waals surface area contributed by atoms with Crippen LogP contribution in [-0.4, -0.2) is 53.6 Å². The molecule has 2 fully saturated rings. The third kappa shape index (κ3) is 3.76. The predicted octanol–water partition coefficient (Wildman–Crippen LogP) is 1.39. The predicted molar refractivity (Wildman–Crippen MR) is 107 cm³/mol. The van der Waals surface area contributed by atoms with Gasteiger partial charge in [-0.1, -0.05) is 12.1 Å². The van der Waals surface area contributed by atoms with Gasteiger partial charge < -0.3 is 20.6 Å². The van der Waals surface area contributed by atoms with Gasteiger partial charge in [0.25, 0.3) is 5.91 Å². The second kappa shape index (κ2) is 7.69. The normalized spacial score (nSPS) is 23.6. The number of aromatic hydroxyl groups is 1. The Morgan fingerprint density at radius 1 is 1.29 bits per heavy atom. The van der Waals surface area contributed by atoms with E-state index in [4.69, 9.17) is 0 Å². The van der Waals surface area contributed by atoms with E-state index in [9.17, 15) is 14.7 Å². The van der Waals surface area contributed by atoms with Gasteiger partial charge in [0.1, 0.15) is 11.3 Å². The molecule has 4 N–H and O–H groups in total. The number of amides is 3. The first kappa shape index (κ1) is 20.0. The molecule has 0 spiro atoms. The number of urea groups is 1. The van der Waals surface area contributed by atoms with Crippen LogP contribution in [0, 0.1) is 19.8 Å². The fourth-order valence-corrected chi connectivity index (χ4v) is 4.17. The number of aliphatic imine (C=N–C) groups is 1. The number of hydrogen-bond acceptors (Lipinski definition) is 4. The zero-order valence-corrected chi connectivity index (χ0v) is 16.9. The van der Waals surface area contributed by atoms with E-state index in [1.54, 1.807) is 14.0 Å². The monoisotopic (exact) mass is 387 g/mol. The first-order valence-corrected chi connectivity index (χ1v) is 9.63. The highest BCUT2D eigenvalue weighted by atomic mass is 16.3. The number of aryl methyl sites for hydroxylation is 2. The zero-order chi connectivity index (χ0) is 20.5. The smallest absolute Gasteiger partial charge is 0.322 e. The van der Waals surface area contributed by atoms with E-state index in [0.717, 1.165) is 48.6 Å². The van der Waals surface area contributed by atoms with E-state index < -0.39 is 11.6 Å². The van der Waals surface area contributed by atoms with E-state index >= 15 is 0 Å². The largest absolute Gasteiger partial charge is 0.507 e. The molecular formula is C20H29N5O3. The quantitative estimate of drug-likeness (QED) is 0.356. The number of imide groups is 1. The summed E-state index contributed by atoms with van der Waals surface area (Å²) in [5, 5.41) is 18.4. The molecule has 0 bridgehead atoms. The molecule has 3 rings (SSSR count). The minimum absolute atomic E-state index is 0.0932. The van der Waals surface area contributed by atoms with Crippen molar-refractivity contribution in [2.75, 3.05) is 20.1 Å². The molecule has 1 atom stereocenters. The van der Waals surface area contributed by atoms with Gasteiger partial charge in [-0.05, 0) is 56.2 Å². The number of carbonyl (C=O) groups excluding carboxylic acids is 2. The fourth-order valence-electron chi connectivity index (χ4n) is 4.17. The van der Waals surface area contributed by atoms with Crippen molar-refractivity contribution in [1.29, 1.82) is 0 Å². The molecule has 2 heterocycles. The first-order valence-electron chi connectivity index (χ1n) is 9.63. The molecule has 2 saturated heterocycles. The number of piperidine rings is 1. The minimum Gasteiger partial charge on any atom is -0.507 e. The average Bonchev–Trinajstić information content (AvgIpc) is 2.93. The van der Waals surface area contributed by atoms with Gasteiger partial charge in [-0.25, -0.2) is 4.79 Å². The summed E-state index contributed by atoms with van der Waals surface area (Å²) in [4.78, 5) is 30.2. The second-order valence-corrected chi connectivity index (χ2v) is 7.85. The Labute approximate surface area is 165 Å². The van der Waals surface area contributed by atoms with Crippen LogP contribution >= 0.6 is 0 Å². The van der Waals surface area contributed by atoms with Gasteiger partial charge in [0.2, 0.25) is 0 Å². The summed E-state index contributed by atoms with van der Waals surface area (Å²) in [5.41, 5.74) is 1.97. The van der Waals surface area contributed by atoms with E-state index in [1.165, 1.54) is 0 Å². The molecule has 1 aromatic carbocycles. The number of benzene rings is 1. The van der Waals surface area contributed by atoms with Crippen LogP contribution in [0.25, 0.3) is 0 Å². The van der Waals surface area contributed by atoms with Gasteiger partial charge in [-0.2, -0.15) is 0 Å². The van der Waals surface area contributed by atoms with Gasteiger partial charge in [0.15, 0.2) is 5.96 Å². The summed E-state index contributed by atoms with van der Waals surface area (Å²) in [5.74, 6) is 1.01. The first-order chi connectivity index (χ1) is 13.2. The number of likely N-dealkylation sites (tertiary alicyclic amines) is 1. The number of carbonyl (C=O) groups is 2. The van der Waals surface area contributed by atoms with Crippen LogP contribution in [-0.2, 0) is 11.3 Å². The lowest BCUT2D eigenvalue weighted by molar-refractivity contribution is -0.125. The van der Waals surface area contributed by atoms with Crippen molar-refractivity contribution in [1.82, 2.24) is 20.9 Å².